The van der Waals surface area contributed by atoms with Gasteiger partial charge in [-0.15, -0.1) is 0 Å². The summed E-state index contributed by atoms with van der Waals surface area (Å²) in [6, 6.07) is 15.7. The third-order valence-corrected chi connectivity index (χ3v) is 3.54. The van der Waals surface area contributed by atoms with Gasteiger partial charge < -0.3 is 4.74 Å². The second-order valence-electron chi connectivity index (χ2n) is 6.77. The van der Waals surface area contributed by atoms with Crippen molar-refractivity contribution in [1.29, 1.82) is 0 Å². The summed E-state index contributed by atoms with van der Waals surface area (Å²) in [6.45, 7) is 8.41. The molecule has 0 aliphatic carbocycles. The molecule has 2 rings (SSSR count). The lowest BCUT2D eigenvalue weighted by Crippen LogP contribution is -2.24. The number of hydrogen-bond donors (Lipinski definition) is 1. The fraction of sp³-hybridized carbons (Fsp3) is 0.300. The average molecular weight is 324 g/mol. The van der Waals surface area contributed by atoms with Crippen molar-refractivity contribution in [1.82, 2.24) is 5.43 Å². The molecule has 0 fully saturated rings. The van der Waals surface area contributed by atoms with Crippen molar-refractivity contribution in [3.8, 4) is 5.75 Å². The van der Waals surface area contributed by atoms with Crippen LogP contribution in [-0.4, -0.2) is 18.7 Å². The normalized spacial score (nSPS) is 11.5. The number of aryl methyl sites for hydroxylation is 1. The monoisotopic (exact) mass is 324 g/mol. The van der Waals surface area contributed by atoms with Crippen molar-refractivity contribution in [2.45, 2.75) is 33.1 Å². The first-order chi connectivity index (χ1) is 11.3. The summed E-state index contributed by atoms with van der Waals surface area (Å²) in [7, 11) is 0. The van der Waals surface area contributed by atoms with Gasteiger partial charge in [-0.2, -0.15) is 5.10 Å². The molecule has 0 saturated heterocycles. The molecule has 0 saturated carbocycles. The van der Waals surface area contributed by atoms with Crippen LogP contribution in [0.15, 0.2) is 53.6 Å². The van der Waals surface area contributed by atoms with Gasteiger partial charge in [0.2, 0.25) is 0 Å². The van der Waals surface area contributed by atoms with Crippen LogP contribution >= 0.6 is 0 Å². The number of nitrogens with one attached hydrogen (secondary N) is 1. The molecule has 1 amide bonds. The third-order valence-electron chi connectivity index (χ3n) is 3.54. The van der Waals surface area contributed by atoms with Gasteiger partial charge in [0.15, 0.2) is 6.61 Å². The van der Waals surface area contributed by atoms with E-state index in [-0.39, 0.29) is 17.9 Å². The SMILES string of the molecule is Cc1cccc(C=NNC(=O)COc2ccc(C(C)(C)C)cc2)c1. The molecule has 24 heavy (non-hydrogen) atoms. The first-order valence-corrected chi connectivity index (χ1v) is 7.96. The second kappa shape index (κ2) is 7.77. The molecule has 0 atom stereocenters. The molecule has 0 bridgehead atoms. The van der Waals surface area contributed by atoms with Crippen LogP contribution in [0.25, 0.3) is 0 Å². The van der Waals surface area contributed by atoms with E-state index in [0.717, 1.165) is 11.1 Å². The molecule has 0 heterocycles. The summed E-state index contributed by atoms with van der Waals surface area (Å²) in [5, 5.41) is 3.94. The van der Waals surface area contributed by atoms with Gasteiger partial charge in [0.05, 0.1) is 6.21 Å². The predicted octanol–water partition coefficient (Wildman–Crippen LogP) is 3.82. The molecule has 126 valence electrons. The van der Waals surface area contributed by atoms with Crippen LogP contribution in [0.4, 0.5) is 0 Å². The maximum Gasteiger partial charge on any atom is 0.277 e. The highest BCUT2D eigenvalue weighted by Gasteiger charge is 2.13. The van der Waals surface area contributed by atoms with Gasteiger partial charge in [-0.05, 0) is 35.6 Å². The van der Waals surface area contributed by atoms with Crippen LogP contribution in [0.1, 0.15) is 37.5 Å². The number of nitrogens with zero attached hydrogens (tertiary/aromatic N) is 1. The quantitative estimate of drug-likeness (QED) is 0.671. The third kappa shape index (κ3) is 5.54. The van der Waals surface area contributed by atoms with E-state index in [1.807, 2.05) is 55.5 Å². The van der Waals surface area contributed by atoms with Crippen molar-refractivity contribution < 1.29 is 9.53 Å². The van der Waals surface area contributed by atoms with Gasteiger partial charge in [0.1, 0.15) is 5.75 Å². The molecule has 0 spiro atoms. The summed E-state index contributed by atoms with van der Waals surface area (Å²) < 4.78 is 5.47. The molecule has 4 nitrogen and oxygen atoms in total. The van der Waals surface area contributed by atoms with E-state index in [0.29, 0.717) is 5.75 Å². The van der Waals surface area contributed by atoms with Gasteiger partial charge in [-0.3, -0.25) is 4.79 Å². The molecule has 2 aromatic rings. The highest BCUT2D eigenvalue weighted by atomic mass is 16.5. The van der Waals surface area contributed by atoms with Gasteiger partial charge in [0.25, 0.3) is 5.91 Å². The van der Waals surface area contributed by atoms with Crippen molar-refractivity contribution in [2.24, 2.45) is 5.10 Å². The van der Waals surface area contributed by atoms with Crippen molar-refractivity contribution in [3.05, 3.63) is 65.2 Å². The van der Waals surface area contributed by atoms with Crippen molar-refractivity contribution in [3.63, 3.8) is 0 Å². The Kier molecular flexibility index (Phi) is 5.74. The number of carbonyl (C=O) groups is 1. The fourth-order valence-electron chi connectivity index (χ4n) is 2.16. The zero-order valence-electron chi connectivity index (χ0n) is 14.7. The molecule has 0 aliphatic rings. The van der Waals surface area contributed by atoms with E-state index in [2.05, 4.69) is 31.3 Å². The number of rotatable bonds is 5. The van der Waals surface area contributed by atoms with Gasteiger partial charge >= 0.3 is 0 Å². The molecule has 4 heteroatoms. The first-order valence-electron chi connectivity index (χ1n) is 7.96. The Morgan fingerprint density at radius 1 is 1.17 bits per heavy atom. The van der Waals surface area contributed by atoms with E-state index < -0.39 is 0 Å². The summed E-state index contributed by atoms with van der Waals surface area (Å²) in [5.41, 5.74) is 5.87. The lowest BCUT2D eigenvalue weighted by Gasteiger charge is -2.19. The van der Waals surface area contributed by atoms with Crippen LogP contribution in [0.3, 0.4) is 0 Å². The number of ether oxygens (including phenoxy) is 1. The number of hydrogen-bond acceptors (Lipinski definition) is 3. The Morgan fingerprint density at radius 3 is 2.50 bits per heavy atom. The van der Waals surface area contributed by atoms with E-state index in [1.165, 1.54) is 5.56 Å². The smallest absolute Gasteiger partial charge is 0.277 e. The van der Waals surface area contributed by atoms with E-state index in [4.69, 9.17) is 4.74 Å². The molecular formula is C20H24N2O2. The zero-order valence-corrected chi connectivity index (χ0v) is 14.7. The van der Waals surface area contributed by atoms with E-state index in [1.54, 1.807) is 6.21 Å². The maximum absolute atomic E-state index is 11.7. The lowest BCUT2D eigenvalue weighted by atomic mass is 9.87. The first kappa shape index (κ1) is 17.7. The fourth-order valence-corrected chi connectivity index (χ4v) is 2.16. The molecule has 2 aromatic carbocycles. The highest BCUT2D eigenvalue weighted by Crippen LogP contribution is 2.24. The number of hydrazone groups is 1. The Hall–Kier alpha value is -2.62. The van der Waals surface area contributed by atoms with Crippen LogP contribution in [0.5, 0.6) is 5.75 Å². The maximum atomic E-state index is 11.7. The Bertz CT molecular complexity index is 713. The summed E-state index contributed by atoms with van der Waals surface area (Å²) in [4.78, 5) is 11.7. The molecule has 0 unspecified atom stereocenters. The topological polar surface area (TPSA) is 50.7 Å². The minimum Gasteiger partial charge on any atom is -0.484 e. The summed E-state index contributed by atoms with van der Waals surface area (Å²) in [6.07, 6.45) is 1.61. The van der Waals surface area contributed by atoms with Crippen LogP contribution in [0.2, 0.25) is 0 Å². The van der Waals surface area contributed by atoms with E-state index in [9.17, 15) is 4.79 Å². The minimum atomic E-state index is -0.293. The molecule has 0 aromatic heterocycles. The lowest BCUT2D eigenvalue weighted by molar-refractivity contribution is -0.123. The Morgan fingerprint density at radius 2 is 1.88 bits per heavy atom. The molecular weight excluding hydrogens is 300 g/mol. The van der Waals surface area contributed by atoms with Crippen molar-refractivity contribution in [2.75, 3.05) is 6.61 Å². The van der Waals surface area contributed by atoms with Gasteiger partial charge in [0, 0.05) is 0 Å². The standard InChI is InChI=1S/C20H24N2O2/c1-15-6-5-7-16(12-15)13-21-22-19(23)14-24-18-10-8-17(9-11-18)20(2,3)4/h5-13H,14H2,1-4H3,(H,22,23). The van der Waals surface area contributed by atoms with Crippen molar-refractivity contribution >= 4 is 12.1 Å². The largest absolute Gasteiger partial charge is 0.484 e. The second-order valence-corrected chi connectivity index (χ2v) is 6.77. The Balaban J connectivity index is 1.81. The predicted molar refractivity (Wildman–Crippen MR) is 97.6 cm³/mol. The minimum absolute atomic E-state index is 0.0694. The summed E-state index contributed by atoms with van der Waals surface area (Å²) in [5.74, 6) is 0.375. The highest BCUT2D eigenvalue weighted by molar-refractivity contribution is 5.83. The van der Waals surface area contributed by atoms with Gasteiger partial charge in [-0.25, -0.2) is 5.43 Å². The molecule has 0 aliphatic heterocycles. The molecule has 0 radical (unpaired) electrons. The number of carbonyl (C=O) groups excluding carboxylic acids is 1. The van der Waals surface area contributed by atoms with Gasteiger partial charge in [-0.1, -0.05) is 62.7 Å². The average Bonchev–Trinajstić information content (AvgIpc) is 2.52. The van der Waals surface area contributed by atoms with E-state index >= 15 is 0 Å². The summed E-state index contributed by atoms with van der Waals surface area (Å²) >= 11 is 0. The Labute approximate surface area is 143 Å². The molecule has 1 N–H and O–H groups in total. The van der Waals surface area contributed by atoms with Crippen LogP contribution in [0, 0.1) is 6.92 Å². The number of benzene rings is 2. The zero-order chi connectivity index (χ0) is 17.6. The van der Waals surface area contributed by atoms with Crippen LogP contribution < -0.4 is 10.2 Å². The van der Waals surface area contributed by atoms with Crippen LogP contribution in [-0.2, 0) is 10.2 Å². The number of amides is 1.